The zero-order chi connectivity index (χ0) is 14.8. The second-order valence-electron chi connectivity index (χ2n) is 8.45. The molecule has 3 fully saturated rings. The Bertz CT molecular complexity index is 508. The quantitative estimate of drug-likeness (QED) is 0.687. The minimum atomic E-state index is -0.174. The van der Waals surface area contributed by atoms with Crippen LogP contribution >= 0.6 is 0 Å². The van der Waals surface area contributed by atoms with E-state index in [-0.39, 0.29) is 16.9 Å². The van der Waals surface area contributed by atoms with Crippen LogP contribution in [0.2, 0.25) is 0 Å². The summed E-state index contributed by atoms with van der Waals surface area (Å²) in [5, 5.41) is 10.8. The Balaban J connectivity index is 1.74. The van der Waals surface area contributed by atoms with E-state index in [1.165, 1.54) is 12.0 Å². The fourth-order valence-corrected chi connectivity index (χ4v) is 6.49. The number of allylic oxidation sites excluding steroid dienone is 1. The zero-order valence-corrected chi connectivity index (χ0v) is 13.4. The maximum atomic E-state index is 12.4. The van der Waals surface area contributed by atoms with Crippen molar-refractivity contribution in [3.05, 3.63) is 11.6 Å². The van der Waals surface area contributed by atoms with Crippen LogP contribution in [0.3, 0.4) is 0 Å². The molecule has 2 heteroatoms. The van der Waals surface area contributed by atoms with Crippen molar-refractivity contribution in [2.24, 2.45) is 28.6 Å². The molecule has 1 unspecified atom stereocenters. The third kappa shape index (κ3) is 1.66. The third-order valence-electron chi connectivity index (χ3n) is 7.86. The lowest BCUT2D eigenvalue weighted by molar-refractivity contribution is -0.134. The van der Waals surface area contributed by atoms with Crippen LogP contribution in [0.25, 0.3) is 0 Å². The summed E-state index contributed by atoms with van der Waals surface area (Å²) in [4.78, 5) is 12.4. The van der Waals surface area contributed by atoms with Gasteiger partial charge in [0.05, 0.1) is 6.10 Å². The first kappa shape index (κ1) is 14.0. The van der Waals surface area contributed by atoms with E-state index in [1.54, 1.807) is 0 Å². The number of aliphatic hydroxyl groups excluding tert-OH is 1. The number of ketones is 1. The van der Waals surface area contributed by atoms with Crippen LogP contribution in [0.1, 0.15) is 65.2 Å². The molecular weight excluding hydrogens is 260 g/mol. The molecule has 0 heterocycles. The van der Waals surface area contributed by atoms with E-state index in [4.69, 9.17) is 0 Å². The SMILES string of the molecule is C[C@]12CC[C@H]3[C@@H](CC=C4CCCC(O)[C@@]43C)[C@@H]1CCC2=O. The summed E-state index contributed by atoms with van der Waals surface area (Å²) in [5.41, 5.74) is 1.46. The smallest absolute Gasteiger partial charge is 0.139 e. The predicted molar refractivity (Wildman–Crippen MR) is 82.7 cm³/mol. The lowest BCUT2D eigenvalue weighted by atomic mass is 9.47. The number of rotatable bonds is 0. The van der Waals surface area contributed by atoms with Crippen molar-refractivity contribution < 1.29 is 9.90 Å². The van der Waals surface area contributed by atoms with Crippen LogP contribution < -0.4 is 0 Å². The number of aliphatic hydroxyl groups is 1. The van der Waals surface area contributed by atoms with Gasteiger partial charge in [0, 0.05) is 17.3 Å². The van der Waals surface area contributed by atoms with Gasteiger partial charge in [0.15, 0.2) is 0 Å². The summed E-state index contributed by atoms with van der Waals surface area (Å²) < 4.78 is 0. The average molecular weight is 288 g/mol. The van der Waals surface area contributed by atoms with Gasteiger partial charge in [-0.2, -0.15) is 0 Å². The number of carbonyl (C=O) groups is 1. The maximum absolute atomic E-state index is 12.4. The predicted octanol–water partition coefficient (Wildman–Crippen LogP) is 3.88. The fourth-order valence-electron chi connectivity index (χ4n) is 6.49. The largest absolute Gasteiger partial charge is 0.392 e. The van der Waals surface area contributed by atoms with Gasteiger partial charge < -0.3 is 5.11 Å². The molecule has 0 radical (unpaired) electrons. The van der Waals surface area contributed by atoms with Crippen molar-refractivity contribution in [2.45, 2.75) is 71.3 Å². The molecule has 0 amide bonds. The molecule has 0 aromatic rings. The van der Waals surface area contributed by atoms with Gasteiger partial charge in [-0.3, -0.25) is 4.79 Å². The number of hydrogen-bond donors (Lipinski definition) is 1. The van der Waals surface area contributed by atoms with Gasteiger partial charge in [-0.25, -0.2) is 0 Å². The van der Waals surface area contributed by atoms with Crippen molar-refractivity contribution in [1.29, 1.82) is 0 Å². The molecule has 0 aromatic carbocycles. The molecule has 2 nitrogen and oxygen atoms in total. The Labute approximate surface area is 128 Å². The molecule has 6 atom stereocenters. The summed E-state index contributed by atoms with van der Waals surface area (Å²) in [6, 6.07) is 0. The topological polar surface area (TPSA) is 37.3 Å². The summed E-state index contributed by atoms with van der Waals surface area (Å²) in [5.74, 6) is 2.29. The van der Waals surface area contributed by atoms with E-state index in [1.807, 2.05) is 0 Å². The van der Waals surface area contributed by atoms with E-state index >= 15 is 0 Å². The minimum Gasteiger partial charge on any atom is -0.392 e. The third-order valence-corrected chi connectivity index (χ3v) is 7.86. The van der Waals surface area contributed by atoms with Crippen LogP contribution in [-0.2, 0) is 4.79 Å². The highest BCUT2D eigenvalue weighted by molar-refractivity contribution is 5.87. The highest BCUT2D eigenvalue weighted by Gasteiger charge is 2.59. The van der Waals surface area contributed by atoms with Crippen LogP contribution in [0.4, 0.5) is 0 Å². The van der Waals surface area contributed by atoms with E-state index < -0.39 is 0 Å². The first-order valence-corrected chi connectivity index (χ1v) is 8.89. The van der Waals surface area contributed by atoms with Gasteiger partial charge >= 0.3 is 0 Å². The van der Waals surface area contributed by atoms with E-state index in [9.17, 15) is 9.90 Å². The molecule has 0 bridgehead atoms. The molecule has 21 heavy (non-hydrogen) atoms. The minimum absolute atomic E-state index is 0.00582. The number of carbonyl (C=O) groups excluding carboxylic acids is 1. The van der Waals surface area contributed by atoms with Gasteiger partial charge in [-0.1, -0.05) is 25.5 Å². The van der Waals surface area contributed by atoms with Crippen LogP contribution in [0.15, 0.2) is 11.6 Å². The molecule has 3 saturated carbocycles. The summed E-state index contributed by atoms with van der Waals surface area (Å²) in [6.07, 6.45) is 10.8. The summed E-state index contributed by atoms with van der Waals surface area (Å²) >= 11 is 0. The first-order chi connectivity index (χ1) is 9.98. The van der Waals surface area contributed by atoms with Crippen LogP contribution in [0.5, 0.6) is 0 Å². The van der Waals surface area contributed by atoms with Gasteiger partial charge in [-0.05, 0) is 62.7 Å². The lowest BCUT2D eigenvalue weighted by Gasteiger charge is -2.57. The van der Waals surface area contributed by atoms with E-state index in [2.05, 4.69) is 19.9 Å². The molecule has 4 aliphatic carbocycles. The molecule has 0 saturated heterocycles. The van der Waals surface area contributed by atoms with Gasteiger partial charge in [0.2, 0.25) is 0 Å². The Morgan fingerprint density at radius 2 is 1.95 bits per heavy atom. The first-order valence-electron chi connectivity index (χ1n) is 8.89. The molecular formula is C19H28O2. The van der Waals surface area contributed by atoms with Crippen molar-refractivity contribution in [2.75, 3.05) is 0 Å². The summed E-state index contributed by atoms with van der Waals surface area (Å²) in [6.45, 7) is 4.54. The average Bonchev–Trinajstić information content (AvgIpc) is 2.76. The van der Waals surface area contributed by atoms with E-state index in [0.717, 1.165) is 44.9 Å². The van der Waals surface area contributed by atoms with Gasteiger partial charge in [0.25, 0.3) is 0 Å². The standard InChI is InChI=1S/C19H28O2/c1-18-11-10-15-13(14(18)8-9-16(18)20)7-6-12-4-3-5-17(21)19(12,15)2/h6,13-15,17,21H,3-5,7-11H2,1-2H3/t13-,14-,15-,17?,18-,19-/m0/s1. The fraction of sp³-hybridized carbons (Fsp3) is 0.842. The molecule has 4 aliphatic rings. The van der Waals surface area contributed by atoms with Gasteiger partial charge in [0.1, 0.15) is 5.78 Å². The Morgan fingerprint density at radius 3 is 2.76 bits per heavy atom. The molecule has 1 N–H and O–H groups in total. The van der Waals surface area contributed by atoms with Crippen molar-refractivity contribution in [3.8, 4) is 0 Å². The van der Waals surface area contributed by atoms with Crippen molar-refractivity contribution >= 4 is 5.78 Å². The highest BCUT2D eigenvalue weighted by atomic mass is 16.3. The highest BCUT2D eigenvalue weighted by Crippen LogP contribution is 2.63. The Hall–Kier alpha value is -0.630. The van der Waals surface area contributed by atoms with E-state index in [0.29, 0.717) is 23.5 Å². The summed E-state index contributed by atoms with van der Waals surface area (Å²) in [7, 11) is 0. The normalized spacial score (nSPS) is 52.7. The molecule has 0 aliphatic heterocycles. The molecule has 0 spiro atoms. The Morgan fingerprint density at radius 1 is 1.14 bits per heavy atom. The number of Topliss-reactive ketones (excluding diaryl/α,β-unsaturated/α-hetero) is 1. The lowest BCUT2D eigenvalue weighted by Crippen LogP contribution is -2.54. The van der Waals surface area contributed by atoms with Crippen LogP contribution in [-0.4, -0.2) is 17.0 Å². The van der Waals surface area contributed by atoms with Crippen LogP contribution in [0, 0.1) is 28.6 Å². The molecule has 0 aromatic heterocycles. The van der Waals surface area contributed by atoms with Crippen molar-refractivity contribution in [3.63, 3.8) is 0 Å². The number of hydrogen-bond acceptors (Lipinski definition) is 2. The second kappa shape index (κ2) is 4.44. The zero-order valence-electron chi connectivity index (χ0n) is 13.4. The van der Waals surface area contributed by atoms with Crippen molar-refractivity contribution in [1.82, 2.24) is 0 Å². The molecule has 4 rings (SSSR count). The Kier molecular flexibility index (Phi) is 2.96. The second-order valence-corrected chi connectivity index (χ2v) is 8.45. The van der Waals surface area contributed by atoms with Gasteiger partial charge in [-0.15, -0.1) is 0 Å². The monoisotopic (exact) mass is 288 g/mol. The molecule has 116 valence electrons. The number of fused-ring (bicyclic) bond motifs is 5. The maximum Gasteiger partial charge on any atom is 0.139 e.